The first-order valence-corrected chi connectivity index (χ1v) is 17.0. The monoisotopic (exact) mass is 737 g/mol. The van der Waals surface area contributed by atoms with Gasteiger partial charge in [-0.15, -0.1) is 10.2 Å². The highest BCUT2D eigenvalue weighted by Gasteiger charge is 2.53. The fourth-order valence-electron chi connectivity index (χ4n) is 4.78. The lowest BCUT2D eigenvalue weighted by molar-refractivity contribution is -0.1000. The van der Waals surface area contributed by atoms with Gasteiger partial charge in [0, 0.05) is 14.1 Å². The Hall–Kier alpha value is -4.60. The molecule has 1 aliphatic rings. The summed E-state index contributed by atoms with van der Waals surface area (Å²) in [6.45, 7) is 9.51. The molecule has 0 aromatic carbocycles. The molecule has 1 amide bonds. The molecule has 5 heterocycles. The van der Waals surface area contributed by atoms with Gasteiger partial charge in [0.05, 0.1) is 36.5 Å². The number of fused-ring (bicyclic) bond motifs is 1. The van der Waals surface area contributed by atoms with Gasteiger partial charge in [-0.05, 0) is 41.5 Å². The number of aromatic nitrogens is 10. The normalized spacial score (nSPS) is 20.6. The summed E-state index contributed by atoms with van der Waals surface area (Å²) in [4.78, 5) is 49.4. The van der Waals surface area contributed by atoms with Gasteiger partial charge in [-0.3, -0.25) is 28.3 Å². The lowest BCUT2D eigenvalue weighted by Crippen LogP contribution is -2.40. The van der Waals surface area contributed by atoms with Crippen LogP contribution in [0.25, 0.3) is 11.2 Å². The topological polar surface area (TPSA) is 253 Å². The van der Waals surface area contributed by atoms with E-state index in [2.05, 4.69) is 40.9 Å². The molecule has 4 aromatic rings. The molecular weight excluding hydrogens is 697 g/mol. The molecule has 0 aliphatic carbocycles. The molecule has 2 unspecified atom stereocenters. The quantitative estimate of drug-likeness (QED) is 0.156. The number of aryl methyl sites for hydroxylation is 2. The van der Waals surface area contributed by atoms with Crippen LogP contribution in [0.5, 0.6) is 0 Å². The number of hydrogen-bond donors (Lipinski definition) is 2. The first-order chi connectivity index (χ1) is 23.9. The molecule has 1 aliphatic heterocycles. The smallest absolute Gasteiger partial charge is 0.443 e. The van der Waals surface area contributed by atoms with E-state index in [9.17, 15) is 19.0 Å². The number of phosphoric ester groups is 1. The van der Waals surface area contributed by atoms with Crippen molar-refractivity contribution >= 4 is 37.1 Å². The predicted octanol–water partition coefficient (Wildman–Crippen LogP) is 2.57. The Morgan fingerprint density at radius 2 is 1.59 bits per heavy atom. The van der Waals surface area contributed by atoms with E-state index in [1.54, 1.807) is 68.0 Å². The highest BCUT2D eigenvalue weighted by Crippen LogP contribution is 2.52. The Morgan fingerprint density at radius 3 is 2.18 bits per heavy atom. The number of anilines is 1. The van der Waals surface area contributed by atoms with E-state index in [1.165, 1.54) is 20.3 Å². The zero-order valence-corrected chi connectivity index (χ0v) is 30.1. The fraction of sp³-hybridized carbons (Fsp3) is 0.607. The molecule has 0 spiro atoms. The number of carbonyl (C=O) groups is 2. The van der Waals surface area contributed by atoms with E-state index in [1.807, 2.05) is 0 Å². The molecule has 5 atom stereocenters. The van der Waals surface area contributed by atoms with Crippen LogP contribution in [0.3, 0.4) is 0 Å². The molecule has 2 N–H and O–H groups in total. The molecular formula is C28H40N11O11P. The van der Waals surface area contributed by atoms with Gasteiger partial charge >= 0.3 is 20.1 Å². The summed E-state index contributed by atoms with van der Waals surface area (Å²) in [5.74, 6) is -0.0133. The third kappa shape index (κ3) is 10.2. The number of amides is 1. The average molecular weight is 738 g/mol. The third-order valence-electron chi connectivity index (χ3n) is 6.69. The van der Waals surface area contributed by atoms with Crippen molar-refractivity contribution in [2.75, 3.05) is 11.9 Å². The summed E-state index contributed by atoms with van der Waals surface area (Å²) in [5.41, 5.74) is -0.772. The number of phosphoric acid groups is 1. The number of rotatable bonds is 12. The minimum atomic E-state index is -4.82. The number of carbonyl (C=O) groups excluding carboxylic acids is 2. The number of hydrogen-bond acceptors (Lipinski definition) is 17. The van der Waals surface area contributed by atoms with Crippen molar-refractivity contribution in [2.24, 2.45) is 14.1 Å². The van der Waals surface area contributed by atoms with E-state index in [4.69, 9.17) is 32.7 Å². The van der Waals surface area contributed by atoms with Crippen LogP contribution in [0.2, 0.25) is 0 Å². The largest absolute Gasteiger partial charge is 0.509 e. The zero-order valence-electron chi connectivity index (χ0n) is 29.2. The van der Waals surface area contributed by atoms with Gasteiger partial charge in [-0.2, -0.15) is 0 Å². The number of nitrogens with zero attached hydrogens (tertiary/aromatic N) is 10. The molecule has 51 heavy (non-hydrogen) atoms. The van der Waals surface area contributed by atoms with Gasteiger partial charge < -0.3 is 28.6 Å². The highest BCUT2D eigenvalue weighted by atomic mass is 31.2. The van der Waals surface area contributed by atoms with Gasteiger partial charge in [-0.25, -0.2) is 29.1 Å². The Labute approximate surface area is 291 Å². The second-order valence-electron chi connectivity index (χ2n) is 13.4. The summed E-state index contributed by atoms with van der Waals surface area (Å²) < 4.78 is 57.1. The second kappa shape index (κ2) is 14.9. The maximum atomic E-state index is 13.3. The van der Waals surface area contributed by atoms with Crippen molar-refractivity contribution in [3.63, 3.8) is 0 Å². The van der Waals surface area contributed by atoms with E-state index in [0.717, 1.165) is 6.33 Å². The van der Waals surface area contributed by atoms with Crippen LogP contribution in [0.1, 0.15) is 59.2 Å². The average Bonchev–Trinajstić information content (AvgIpc) is 3.80. The summed E-state index contributed by atoms with van der Waals surface area (Å²) in [6.07, 6.45) is -1.77. The van der Waals surface area contributed by atoms with E-state index in [0.29, 0.717) is 11.4 Å². The molecule has 5 rings (SSSR count). The minimum absolute atomic E-state index is 0.0133. The van der Waals surface area contributed by atoms with Crippen LogP contribution in [-0.4, -0.2) is 103 Å². The van der Waals surface area contributed by atoms with Crippen molar-refractivity contribution in [3.8, 4) is 0 Å². The van der Waals surface area contributed by atoms with Crippen LogP contribution in [0.15, 0.2) is 25.0 Å². The van der Waals surface area contributed by atoms with Crippen LogP contribution in [0, 0.1) is 0 Å². The lowest BCUT2D eigenvalue weighted by atomic mass is 10.1. The standard InChI is InChI=1S/C28H40N11O11P/c1-27(2,3)46-13-18-20(49-51(42,43)50-28(4,5)6)21(48-26(41)45-12-17-10-38(8)36-34-17)24(47-18)39-15-31-19-22(29-14-30-23(19)39)32-25(40)44-11-16-9-37(7)35-33-16/h9-10,14-15,18,20-21,24H,11-13H2,1-8H3,(H,42,43)(H,29,30,32,40)/t18-,20?,21+,24-/m1/s1. The Kier molecular flexibility index (Phi) is 11.0. The zero-order chi connectivity index (χ0) is 37.1. The lowest BCUT2D eigenvalue weighted by Gasteiger charge is -2.29. The fourth-order valence-corrected chi connectivity index (χ4v) is 6.07. The predicted molar refractivity (Wildman–Crippen MR) is 171 cm³/mol. The summed E-state index contributed by atoms with van der Waals surface area (Å²) in [7, 11) is -1.50. The van der Waals surface area contributed by atoms with E-state index >= 15 is 0 Å². The molecule has 1 fully saturated rings. The molecule has 278 valence electrons. The van der Waals surface area contributed by atoms with Crippen LogP contribution >= 0.6 is 7.82 Å². The van der Waals surface area contributed by atoms with E-state index < -0.39 is 55.8 Å². The van der Waals surface area contributed by atoms with Crippen LogP contribution in [0.4, 0.5) is 15.4 Å². The minimum Gasteiger partial charge on any atom is -0.443 e. The van der Waals surface area contributed by atoms with Crippen molar-refractivity contribution in [1.82, 2.24) is 49.5 Å². The van der Waals surface area contributed by atoms with Crippen LogP contribution in [-0.2, 0) is 64.6 Å². The summed E-state index contributed by atoms with van der Waals surface area (Å²) in [6, 6.07) is 0. The molecule has 0 bridgehead atoms. The van der Waals surface area contributed by atoms with Gasteiger partial charge in [-0.1, -0.05) is 10.4 Å². The Balaban J connectivity index is 1.45. The summed E-state index contributed by atoms with van der Waals surface area (Å²) in [5, 5.41) is 17.9. The molecule has 0 radical (unpaired) electrons. The Bertz CT molecular complexity index is 1880. The maximum absolute atomic E-state index is 13.3. The van der Waals surface area contributed by atoms with Gasteiger partial charge in [0.25, 0.3) is 0 Å². The molecule has 1 saturated heterocycles. The summed E-state index contributed by atoms with van der Waals surface area (Å²) >= 11 is 0. The molecule has 4 aromatic heterocycles. The van der Waals surface area contributed by atoms with Gasteiger partial charge in [0.2, 0.25) is 0 Å². The van der Waals surface area contributed by atoms with Crippen molar-refractivity contribution in [2.45, 2.75) is 90.5 Å². The first-order valence-electron chi connectivity index (χ1n) is 15.5. The van der Waals surface area contributed by atoms with Crippen molar-refractivity contribution < 1.29 is 51.8 Å². The first kappa shape index (κ1) is 37.7. The molecule has 23 heteroatoms. The van der Waals surface area contributed by atoms with Crippen LogP contribution < -0.4 is 5.32 Å². The molecule has 22 nitrogen and oxygen atoms in total. The third-order valence-corrected chi connectivity index (χ3v) is 7.97. The number of ether oxygens (including phenoxy) is 5. The Morgan fingerprint density at radius 1 is 0.941 bits per heavy atom. The highest BCUT2D eigenvalue weighted by molar-refractivity contribution is 7.47. The van der Waals surface area contributed by atoms with Crippen molar-refractivity contribution in [3.05, 3.63) is 36.4 Å². The number of nitrogens with one attached hydrogen (secondary N) is 1. The second-order valence-corrected chi connectivity index (χ2v) is 14.7. The van der Waals surface area contributed by atoms with Crippen molar-refractivity contribution in [1.29, 1.82) is 0 Å². The van der Waals surface area contributed by atoms with Gasteiger partial charge in [0.15, 0.2) is 29.3 Å². The molecule has 0 saturated carbocycles. The SMILES string of the molecule is Cn1cc(COC(=O)Nc2ncnc3c2ncn3[C@@H]2O[C@H](COC(C)(C)C)C(OP(=O)(O)OC(C)(C)C)[C@@H]2OC(=O)OCc2cn(C)nn2)nn1. The van der Waals surface area contributed by atoms with Gasteiger partial charge in [0.1, 0.15) is 43.1 Å². The number of imidazole rings is 1. The maximum Gasteiger partial charge on any atom is 0.509 e. The van der Waals surface area contributed by atoms with E-state index in [-0.39, 0.29) is 36.8 Å².